The van der Waals surface area contributed by atoms with Crippen LogP contribution in [0.1, 0.15) is 5.56 Å². The van der Waals surface area contributed by atoms with Crippen molar-refractivity contribution in [2.45, 2.75) is 6.92 Å². The number of hydrogen-bond acceptors (Lipinski definition) is 7. The van der Waals surface area contributed by atoms with Crippen molar-refractivity contribution in [3.8, 4) is 5.95 Å². The van der Waals surface area contributed by atoms with Gasteiger partial charge in [-0.2, -0.15) is 5.10 Å². The lowest BCUT2D eigenvalue weighted by Gasteiger charge is -2.03. The first-order valence-electron chi connectivity index (χ1n) is 6.33. The van der Waals surface area contributed by atoms with E-state index >= 15 is 0 Å². The second-order valence-electron chi connectivity index (χ2n) is 4.46. The number of aromatic nitrogens is 5. The Bertz CT molecular complexity index is 816. The summed E-state index contributed by atoms with van der Waals surface area (Å²) in [7, 11) is 0. The highest BCUT2D eigenvalue weighted by molar-refractivity contribution is 5.57. The highest BCUT2D eigenvalue weighted by Crippen LogP contribution is 2.21. The second-order valence-corrected chi connectivity index (χ2v) is 4.46. The molecule has 0 saturated heterocycles. The van der Waals surface area contributed by atoms with E-state index in [2.05, 4.69) is 25.4 Å². The van der Waals surface area contributed by atoms with E-state index in [4.69, 9.17) is 0 Å². The molecule has 3 aromatic rings. The molecule has 0 fully saturated rings. The SMILES string of the molecule is Cc1cc(Nc2cnn(-c3ncccn3)c2)ncc1[N+](=O)[O-]. The van der Waals surface area contributed by atoms with E-state index in [1.165, 1.54) is 10.9 Å². The van der Waals surface area contributed by atoms with Crippen LogP contribution in [0.2, 0.25) is 0 Å². The number of rotatable bonds is 4. The molecule has 1 N–H and O–H groups in total. The molecular weight excluding hydrogens is 286 g/mol. The molecule has 0 amide bonds. The van der Waals surface area contributed by atoms with Gasteiger partial charge in [0.2, 0.25) is 5.95 Å². The van der Waals surface area contributed by atoms with Gasteiger partial charge in [0, 0.05) is 18.0 Å². The highest BCUT2D eigenvalue weighted by Gasteiger charge is 2.12. The van der Waals surface area contributed by atoms with Gasteiger partial charge in [0.25, 0.3) is 5.69 Å². The predicted octanol–water partition coefficient (Wildman–Crippen LogP) is 2.02. The van der Waals surface area contributed by atoms with Crippen LogP contribution < -0.4 is 5.32 Å². The van der Waals surface area contributed by atoms with Gasteiger partial charge in [0.1, 0.15) is 12.0 Å². The molecule has 9 heteroatoms. The Balaban J connectivity index is 1.81. The maximum Gasteiger partial charge on any atom is 0.290 e. The third-order valence-corrected chi connectivity index (χ3v) is 2.89. The molecule has 3 aromatic heterocycles. The normalized spacial score (nSPS) is 10.4. The second kappa shape index (κ2) is 5.56. The zero-order chi connectivity index (χ0) is 15.5. The van der Waals surface area contributed by atoms with Crippen molar-refractivity contribution in [1.29, 1.82) is 0 Å². The van der Waals surface area contributed by atoms with Crippen molar-refractivity contribution >= 4 is 17.2 Å². The van der Waals surface area contributed by atoms with E-state index in [0.717, 1.165) is 0 Å². The summed E-state index contributed by atoms with van der Waals surface area (Å²) in [4.78, 5) is 22.5. The van der Waals surface area contributed by atoms with Crippen LogP contribution >= 0.6 is 0 Å². The van der Waals surface area contributed by atoms with Crippen LogP contribution in [0.4, 0.5) is 17.2 Å². The van der Waals surface area contributed by atoms with Gasteiger partial charge in [-0.15, -0.1) is 0 Å². The summed E-state index contributed by atoms with van der Waals surface area (Å²) >= 11 is 0. The topological polar surface area (TPSA) is 112 Å². The Morgan fingerprint density at radius 3 is 2.68 bits per heavy atom. The zero-order valence-electron chi connectivity index (χ0n) is 11.5. The number of hydrogen-bond donors (Lipinski definition) is 1. The van der Waals surface area contributed by atoms with Crippen molar-refractivity contribution in [2.75, 3.05) is 5.32 Å². The number of pyridine rings is 1. The average Bonchev–Trinajstić information content (AvgIpc) is 2.96. The molecule has 0 atom stereocenters. The average molecular weight is 297 g/mol. The molecule has 0 radical (unpaired) electrons. The van der Waals surface area contributed by atoms with Gasteiger partial charge in [-0.1, -0.05) is 0 Å². The lowest BCUT2D eigenvalue weighted by molar-refractivity contribution is -0.385. The Hall–Kier alpha value is -3.36. The number of aryl methyl sites for hydroxylation is 1. The Morgan fingerprint density at radius 1 is 1.23 bits per heavy atom. The molecule has 0 aliphatic carbocycles. The van der Waals surface area contributed by atoms with Gasteiger partial charge in [0.05, 0.1) is 23.0 Å². The van der Waals surface area contributed by atoms with Gasteiger partial charge >= 0.3 is 0 Å². The summed E-state index contributed by atoms with van der Waals surface area (Å²) in [6.07, 6.45) is 7.77. The van der Waals surface area contributed by atoms with Crippen LogP contribution in [0.5, 0.6) is 0 Å². The van der Waals surface area contributed by atoms with Crippen molar-refractivity contribution in [1.82, 2.24) is 24.7 Å². The standard InChI is InChI=1S/C13H11N7O2/c1-9-5-12(16-7-11(9)20(21)22)18-10-6-17-19(8-10)13-14-3-2-4-15-13/h2-8H,1H3,(H,16,18). The fourth-order valence-corrected chi connectivity index (χ4v) is 1.86. The summed E-state index contributed by atoms with van der Waals surface area (Å²) in [5.74, 6) is 0.944. The number of nitrogens with zero attached hydrogens (tertiary/aromatic N) is 6. The van der Waals surface area contributed by atoms with Crippen LogP contribution in [-0.4, -0.2) is 29.7 Å². The zero-order valence-corrected chi connectivity index (χ0v) is 11.5. The van der Waals surface area contributed by atoms with E-state index in [0.29, 0.717) is 23.0 Å². The molecule has 3 heterocycles. The Morgan fingerprint density at radius 2 is 2.00 bits per heavy atom. The smallest absolute Gasteiger partial charge is 0.290 e. The fourth-order valence-electron chi connectivity index (χ4n) is 1.86. The van der Waals surface area contributed by atoms with E-state index in [1.807, 2.05) is 0 Å². The first kappa shape index (κ1) is 13.6. The molecule has 0 aliphatic rings. The Labute approximate surface area is 124 Å². The molecule has 0 aliphatic heterocycles. The van der Waals surface area contributed by atoms with Crippen molar-refractivity contribution in [3.05, 3.63) is 58.8 Å². The number of anilines is 2. The minimum Gasteiger partial charge on any atom is -0.338 e. The van der Waals surface area contributed by atoms with Crippen LogP contribution in [0.3, 0.4) is 0 Å². The van der Waals surface area contributed by atoms with E-state index < -0.39 is 4.92 Å². The van der Waals surface area contributed by atoms with Crippen LogP contribution in [-0.2, 0) is 0 Å². The minimum atomic E-state index is -0.461. The summed E-state index contributed by atoms with van der Waals surface area (Å²) in [5, 5.41) is 17.9. The fraction of sp³-hybridized carbons (Fsp3) is 0.0769. The molecule has 110 valence electrons. The largest absolute Gasteiger partial charge is 0.338 e. The molecule has 22 heavy (non-hydrogen) atoms. The van der Waals surface area contributed by atoms with Gasteiger partial charge < -0.3 is 5.32 Å². The van der Waals surface area contributed by atoms with Crippen LogP contribution in [0.15, 0.2) is 43.1 Å². The molecule has 0 bridgehead atoms. The Kier molecular flexibility index (Phi) is 3.44. The number of nitrogens with one attached hydrogen (secondary N) is 1. The van der Waals surface area contributed by atoms with E-state index in [-0.39, 0.29) is 5.69 Å². The third kappa shape index (κ3) is 2.73. The number of nitro groups is 1. The molecular formula is C13H11N7O2. The molecule has 3 rings (SSSR count). The summed E-state index contributed by atoms with van der Waals surface area (Å²) < 4.78 is 1.51. The van der Waals surface area contributed by atoms with Crippen LogP contribution in [0, 0.1) is 17.0 Å². The minimum absolute atomic E-state index is 0.0149. The summed E-state index contributed by atoms with van der Waals surface area (Å²) in [5.41, 5.74) is 1.19. The summed E-state index contributed by atoms with van der Waals surface area (Å²) in [6.45, 7) is 1.66. The third-order valence-electron chi connectivity index (χ3n) is 2.89. The predicted molar refractivity (Wildman–Crippen MR) is 78.1 cm³/mol. The molecule has 9 nitrogen and oxygen atoms in total. The quantitative estimate of drug-likeness (QED) is 0.579. The van der Waals surface area contributed by atoms with Gasteiger partial charge in [-0.3, -0.25) is 10.1 Å². The molecule has 0 spiro atoms. The maximum atomic E-state index is 10.8. The first-order chi connectivity index (χ1) is 10.6. The molecule has 0 unspecified atom stereocenters. The van der Waals surface area contributed by atoms with Crippen molar-refractivity contribution in [2.24, 2.45) is 0 Å². The maximum absolute atomic E-state index is 10.8. The van der Waals surface area contributed by atoms with Crippen molar-refractivity contribution in [3.63, 3.8) is 0 Å². The molecule has 0 aromatic carbocycles. The molecule has 0 saturated carbocycles. The van der Waals surface area contributed by atoms with Gasteiger partial charge in [-0.25, -0.2) is 19.6 Å². The van der Waals surface area contributed by atoms with Crippen molar-refractivity contribution < 1.29 is 4.92 Å². The monoisotopic (exact) mass is 297 g/mol. The highest BCUT2D eigenvalue weighted by atomic mass is 16.6. The lowest BCUT2D eigenvalue weighted by atomic mass is 10.2. The van der Waals surface area contributed by atoms with E-state index in [9.17, 15) is 10.1 Å². The van der Waals surface area contributed by atoms with Gasteiger partial charge in [0.15, 0.2) is 0 Å². The summed E-state index contributed by atoms with van der Waals surface area (Å²) in [6, 6.07) is 3.32. The van der Waals surface area contributed by atoms with E-state index in [1.54, 1.807) is 43.8 Å². The van der Waals surface area contributed by atoms with Crippen LogP contribution in [0.25, 0.3) is 5.95 Å². The first-order valence-corrected chi connectivity index (χ1v) is 6.33. The lowest BCUT2D eigenvalue weighted by Crippen LogP contribution is -2.00. The van der Waals surface area contributed by atoms with Gasteiger partial charge in [-0.05, 0) is 19.1 Å².